The molecule has 0 saturated carbocycles. The Morgan fingerprint density at radius 3 is 2.83 bits per heavy atom. The van der Waals surface area contributed by atoms with E-state index in [-0.39, 0.29) is 0 Å². The fourth-order valence-corrected chi connectivity index (χ4v) is 4.88. The van der Waals surface area contributed by atoms with Gasteiger partial charge in [0, 0.05) is 48.6 Å². The van der Waals surface area contributed by atoms with Crippen molar-refractivity contribution in [1.29, 1.82) is 0 Å². The van der Waals surface area contributed by atoms with E-state index in [0.717, 1.165) is 43.6 Å². The molecule has 0 spiro atoms. The van der Waals surface area contributed by atoms with Crippen LogP contribution in [0.4, 0.5) is 0 Å². The van der Waals surface area contributed by atoms with E-state index < -0.39 is 0 Å². The van der Waals surface area contributed by atoms with E-state index in [1.807, 2.05) is 16.4 Å². The average Bonchev–Trinajstić information content (AvgIpc) is 3.33. The second-order valence-corrected chi connectivity index (χ2v) is 8.85. The Labute approximate surface area is 185 Å². The van der Waals surface area contributed by atoms with Crippen LogP contribution in [0, 0.1) is 19.8 Å². The van der Waals surface area contributed by atoms with Crippen molar-refractivity contribution in [2.45, 2.75) is 45.2 Å². The minimum absolute atomic E-state index is 0.660. The normalized spacial score (nSPS) is 17.0. The first-order chi connectivity index (χ1) is 14.6. The van der Waals surface area contributed by atoms with E-state index in [0.29, 0.717) is 19.1 Å². The molecule has 0 amide bonds. The SMILES string of the molecule is CCNC(=NCc1c(C)nn(CCOC)c1C)N1CCC(CSc2ccccc2)C1. The van der Waals surface area contributed by atoms with Crippen molar-refractivity contribution in [2.75, 3.05) is 39.1 Å². The van der Waals surface area contributed by atoms with Crippen LogP contribution in [0.5, 0.6) is 0 Å². The third-order valence-electron chi connectivity index (χ3n) is 5.57. The van der Waals surface area contributed by atoms with Gasteiger partial charge in [0.25, 0.3) is 0 Å². The molecular weight excluding hydrogens is 394 g/mol. The predicted molar refractivity (Wildman–Crippen MR) is 125 cm³/mol. The number of nitrogens with zero attached hydrogens (tertiary/aromatic N) is 4. The molecule has 1 unspecified atom stereocenters. The number of guanidine groups is 1. The summed E-state index contributed by atoms with van der Waals surface area (Å²) in [7, 11) is 1.72. The van der Waals surface area contributed by atoms with Gasteiger partial charge in [-0.1, -0.05) is 18.2 Å². The molecule has 0 bridgehead atoms. The van der Waals surface area contributed by atoms with E-state index in [1.54, 1.807) is 7.11 Å². The second kappa shape index (κ2) is 11.4. The molecule has 1 aromatic carbocycles. The highest BCUT2D eigenvalue weighted by Crippen LogP contribution is 2.26. The Kier molecular flexibility index (Phi) is 8.63. The van der Waals surface area contributed by atoms with Crippen LogP contribution in [0.1, 0.15) is 30.3 Å². The quantitative estimate of drug-likeness (QED) is 0.374. The zero-order chi connectivity index (χ0) is 21.3. The molecule has 0 radical (unpaired) electrons. The molecule has 1 aromatic heterocycles. The molecular formula is C23H35N5OS. The van der Waals surface area contributed by atoms with E-state index in [2.05, 4.69) is 66.4 Å². The van der Waals surface area contributed by atoms with Crippen molar-refractivity contribution < 1.29 is 4.74 Å². The Hall–Kier alpha value is -1.99. The number of aliphatic imine (C=N–C) groups is 1. The van der Waals surface area contributed by atoms with Crippen LogP contribution >= 0.6 is 11.8 Å². The summed E-state index contributed by atoms with van der Waals surface area (Å²) in [5, 5.41) is 8.16. The summed E-state index contributed by atoms with van der Waals surface area (Å²) in [5.74, 6) is 2.87. The third-order valence-corrected chi connectivity index (χ3v) is 6.82. The number of likely N-dealkylation sites (tertiary alicyclic amines) is 1. The molecule has 1 aliphatic rings. The molecule has 1 fully saturated rings. The summed E-state index contributed by atoms with van der Waals surface area (Å²) >= 11 is 1.96. The summed E-state index contributed by atoms with van der Waals surface area (Å²) in [6, 6.07) is 10.7. The molecule has 1 aliphatic heterocycles. The topological polar surface area (TPSA) is 54.7 Å². The van der Waals surface area contributed by atoms with Crippen molar-refractivity contribution >= 4 is 17.7 Å². The number of rotatable bonds is 9. The molecule has 2 heterocycles. The van der Waals surface area contributed by atoms with Crippen molar-refractivity contribution in [1.82, 2.24) is 20.0 Å². The Bertz CT molecular complexity index is 821. The highest BCUT2D eigenvalue weighted by atomic mass is 32.2. The number of ether oxygens (including phenoxy) is 1. The highest BCUT2D eigenvalue weighted by molar-refractivity contribution is 7.99. The first-order valence-electron chi connectivity index (χ1n) is 10.8. The van der Waals surface area contributed by atoms with Gasteiger partial charge in [-0.25, -0.2) is 4.99 Å². The van der Waals surface area contributed by atoms with Crippen LogP contribution in [0.3, 0.4) is 0 Å². The maximum Gasteiger partial charge on any atom is 0.194 e. The maximum absolute atomic E-state index is 5.20. The van der Waals surface area contributed by atoms with Gasteiger partial charge in [-0.05, 0) is 45.2 Å². The number of aromatic nitrogens is 2. The Morgan fingerprint density at radius 1 is 1.30 bits per heavy atom. The highest BCUT2D eigenvalue weighted by Gasteiger charge is 2.25. The number of thioether (sulfide) groups is 1. The van der Waals surface area contributed by atoms with Gasteiger partial charge in [0.05, 0.1) is 25.4 Å². The van der Waals surface area contributed by atoms with Crippen LogP contribution < -0.4 is 5.32 Å². The summed E-state index contributed by atoms with van der Waals surface area (Å²) < 4.78 is 7.23. The third kappa shape index (κ3) is 6.01. The first kappa shape index (κ1) is 22.7. The van der Waals surface area contributed by atoms with Crippen LogP contribution in [-0.4, -0.2) is 59.7 Å². The minimum Gasteiger partial charge on any atom is -0.383 e. The van der Waals surface area contributed by atoms with Crippen molar-refractivity contribution in [3.8, 4) is 0 Å². The van der Waals surface area contributed by atoms with Gasteiger partial charge in [0.1, 0.15) is 0 Å². The largest absolute Gasteiger partial charge is 0.383 e. The number of aryl methyl sites for hydroxylation is 1. The average molecular weight is 430 g/mol. The molecule has 1 atom stereocenters. The molecule has 1 saturated heterocycles. The van der Waals surface area contributed by atoms with Gasteiger partial charge in [-0.3, -0.25) is 4.68 Å². The summed E-state index contributed by atoms with van der Waals surface area (Å²) in [4.78, 5) is 8.74. The number of hydrogen-bond donors (Lipinski definition) is 1. The fourth-order valence-electron chi connectivity index (χ4n) is 3.83. The van der Waals surface area contributed by atoms with Gasteiger partial charge in [-0.15, -0.1) is 11.8 Å². The molecule has 1 N–H and O–H groups in total. The Balaban J connectivity index is 1.60. The van der Waals surface area contributed by atoms with Gasteiger partial charge in [-0.2, -0.15) is 5.10 Å². The maximum atomic E-state index is 5.20. The lowest BCUT2D eigenvalue weighted by Gasteiger charge is -2.21. The smallest absolute Gasteiger partial charge is 0.194 e. The molecule has 0 aliphatic carbocycles. The lowest BCUT2D eigenvalue weighted by Crippen LogP contribution is -2.40. The molecule has 30 heavy (non-hydrogen) atoms. The monoisotopic (exact) mass is 429 g/mol. The van der Waals surface area contributed by atoms with Gasteiger partial charge < -0.3 is 15.0 Å². The van der Waals surface area contributed by atoms with Crippen molar-refractivity contribution in [3.05, 3.63) is 47.3 Å². The van der Waals surface area contributed by atoms with Gasteiger partial charge >= 0.3 is 0 Å². The number of hydrogen-bond acceptors (Lipinski definition) is 4. The zero-order valence-corrected chi connectivity index (χ0v) is 19.5. The van der Waals surface area contributed by atoms with Crippen LogP contribution in [-0.2, 0) is 17.8 Å². The lowest BCUT2D eigenvalue weighted by molar-refractivity contribution is 0.182. The Morgan fingerprint density at radius 2 is 2.10 bits per heavy atom. The fraction of sp³-hybridized carbons (Fsp3) is 0.565. The zero-order valence-electron chi connectivity index (χ0n) is 18.7. The van der Waals surface area contributed by atoms with Crippen molar-refractivity contribution in [3.63, 3.8) is 0 Å². The first-order valence-corrected chi connectivity index (χ1v) is 11.8. The van der Waals surface area contributed by atoms with Gasteiger partial charge in [0.15, 0.2) is 5.96 Å². The van der Waals surface area contributed by atoms with E-state index >= 15 is 0 Å². The standard InChI is InChI=1S/C23H35N5OS/c1-5-24-23(25-15-22-18(2)26-28(19(22)3)13-14-29-4)27-12-11-20(16-27)17-30-21-9-7-6-8-10-21/h6-10,20H,5,11-17H2,1-4H3,(H,24,25). The summed E-state index contributed by atoms with van der Waals surface area (Å²) in [6.07, 6.45) is 1.22. The second-order valence-electron chi connectivity index (χ2n) is 7.76. The van der Waals surface area contributed by atoms with E-state index in [1.165, 1.54) is 22.6 Å². The lowest BCUT2D eigenvalue weighted by atomic mass is 10.2. The molecule has 7 heteroatoms. The summed E-state index contributed by atoms with van der Waals surface area (Å²) in [5.41, 5.74) is 3.46. The van der Waals surface area contributed by atoms with E-state index in [4.69, 9.17) is 9.73 Å². The van der Waals surface area contributed by atoms with Crippen molar-refractivity contribution in [2.24, 2.45) is 10.9 Å². The molecule has 164 valence electrons. The number of benzene rings is 1. The van der Waals surface area contributed by atoms with E-state index in [9.17, 15) is 0 Å². The van der Waals surface area contributed by atoms with Crippen LogP contribution in [0.2, 0.25) is 0 Å². The number of methoxy groups -OCH3 is 1. The molecule has 6 nitrogen and oxygen atoms in total. The van der Waals surface area contributed by atoms with Crippen LogP contribution in [0.15, 0.2) is 40.2 Å². The van der Waals surface area contributed by atoms with Gasteiger partial charge in [0.2, 0.25) is 0 Å². The molecule has 2 aromatic rings. The number of nitrogens with one attached hydrogen (secondary N) is 1. The minimum atomic E-state index is 0.660. The predicted octanol–water partition coefficient (Wildman–Crippen LogP) is 3.73. The summed E-state index contributed by atoms with van der Waals surface area (Å²) in [6.45, 7) is 11.4. The molecule has 3 rings (SSSR count). The van der Waals surface area contributed by atoms with Crippen LogP contribution in [0.25, 0.3) is 0 Å².